The Hall–Kier alpha value is -1.18. The van der Waals surface area contributed by atoms with Gasteiger partial charge in [0.2, 0.25) is 0 Å². The van der Waals surface area contributed by atoms with Crippen molar-refractivity contribution < 1.29 is 9.47 Å². The Labute approximate surface area is 118 Å². The van der Waals surface area contributed by atoms with Crippen LogP contribution in [-0.2, 0) is 0 Å². The monoisotopic (exact) mass is 264 g/mol. The van der Waals surface area contributed by atoms with Gasteiger partial charge in [0.1, 0.15) is 0 Å². The zero-order valence-corrected chi connectivity index (χ0v) is 13.3. The van der Waals surface area contributed by atoms with Crippen LogP contribution in [0.4, 0.5) is 0 Å². The van der Waals surface area contributed by atoms with Gasteiger partial charge in [-0.25, -0.2) is 0 Å². The maximum atomic E-state index is 6.04. The molecule has 1 aromatic carbocycles. The summed E-state index contributed by atoms with van der Waals surface area (Å²) in [4.78, 5) is 0. The molecule has 1 fully saturated rings. The second-order valence-electron chi connectivity index (χ2n) is 4.68. The highest BCUT2D eigenvalue weighted by Gasteiger charge is 2.45. The van der Waals surface area contributed by atoms with E-state index in [1.807, 2.05) is 27.7 Å². The minimum Gasteiger partial charge on any atom is -0.448 e. The summed E-state index contributed by atoms with van der Waals surface area (Å²) in [6, 6.07) is 4.21. The third-order valence-electron chi connectivity index (χ3n) is 3.45. The van der Waals surface area contributed by atoms with E-state index >= 15 is 0 Å². The molecule has 3 rings (SSSR count). The molecule has 2 aliphatic rings. The van der Waals surface area contributed by atoms with E-state index < -0.39 is 0 Å². The first-order valence-electron chi connectivity index (χ1n) is 7.68. The molecular formula is C17H28O2. The van der Waals surface area contributed by atoms with Crippen LogP contribution in [0.1, 0.15) is 64.5 Å². The Bertz CT molecular complexity index is 371. The quantitative estimate of drug-likeness (QED) is 0.625. The van der Waals surface area contributed by atoms with E-state index in [4.69, 9.17) is 9.47 Å². The number of benzene rings is 1. The number of hydrogen-bond acceptors (Lipinski definition) is 2. The maximum Gasteiger partial charge on any atom is 0.251 e. The van der Waals surface area contributed by atoms with Crippen LogP contribution < -0.4 is 9.47 Å². The number of ether oxygens (including phenoxy) is 2. The molecule has 0 amide bonds. The molecule has 1 saturated carbocycles. The van der Waals surface area contributed by atoms with Crippen molar-refractivity contribution in [2.75, 3.05) is 0 Å². The molecule has 0 N–H and O–H groups in total. The summed E-state index contributed by atoms with van der Waals surface area (Å²) in [5.74, 6) is 1.62. The lowest BCUT2D eigenvalue weighted by molar-refractivity contribution is -0.0721. The normalized spacial score (nSPS) is 17.4. The first kappa shape index (κ1) is 15.9. The first-order valence-corrected chi connectivity index (χ1v) is 7.68. The highest BCUT2D eigenvalue weighted by Crippen LogP contribution is 2.49. The highest BCUT2D eigenvalue weighted by molar-refractivity contribution is 5.53. The van der Waals surface area contributed by atoms with E-state index in [9.17, 15) is 0 Å². The molecule has 1 heterocycles. The second kappa shape index (κ2) is 6.83. The van der Waals surface area contributed by atoms with Crippen LogP contribution >= 0.6 is 0 Å². The van der Waals surface area contributed by atoms with E-state index in [0.717, 1.165) is 24.3 Å². The molecule has 2 nitrogen and oxygen atoms in total. The smallest absolute Gasteiger partial charge is 0.251 e. The van der Waals surface area contributed by atoms with Crippen molar-refractivity contribution in [1.82, 2.24) is 0 Å². The summed E-state index contributed by atoms with van der Waals surface area (Å²) in [5.41, 5.74) is 2.36. The van der Waals surface area contributed by atoms with Gasteiger partial charge < -0.3 is 9.47 Å². The van der Waals surface area contributed by atoms with Gasteiger partial charge in [-0.3, -0.25) is 0 Å². The summed E-state index contributed by atoms with van der Waals surface area (Å²) >= 11 is 0. The van der Waals surface area contributed by atoms with Crippen molar-refractivity contribution in [2.24, 2.45) is 0 Å². The Kier molecular flexibility index (Phi) is 5.71. The predicted octanol–water partition coefficient (Wildman–Crippen LogP) is 5.40. The number of rotatable bonds is 0. The van der Waals surface area contributed by atoms with Crippen LogP contribution in [-0.4, -0.2) is 5.79 Å². The van der Waals surface area contributed by atoms with E-state index in [-0.39, 0.29) is 5.79 Å². The minimum absolute atomic E-state index is 0.320. The lowest BCUT2D eigenvalue weighted by atomic mass is 10.1. The van der Waals surface area contributed by atoms with E-state index in [1.165, 1.54) is 24.0 Å². The SMILES string of the molecule is CC.CC.Cc1ccc(C)c2c1OC1(CCCC1)O2. The fourth-order valence-corrected chi connectivity index (χ4v) is 2.52. The molecule has 2 heteroatoms. The van der Waals surface area contributed by atoms with Crippen molar-refractivity contribution in [3.05, 3.63) is 23.3 Å². The standard InChI is InChI=1S/C13H16O2.2C2H6/c1-9-5-6-10(2)12-11(9)14-13(15-12)7-3-4-8-13;2*1-2/h5-6H,3-4,7-8H2,1-2H3;2*1-2H3. The van der Waals surface area contributed by atoms with Crippen molar-refractivity contribution in [1.29, 1.82) is 0 Å². The third-order valence-corrected chi connectivity index (χ3v) is 3.45. The Morgan fingerprint density at radius 2 is 1.16 bits per heavy atom. The van der Waals surface area contributed by atoms with Gasteiger partial charge in [0.05, 0.1) is 0 Å². The third kappa shape index (κ3) is 3.05. The van der Waals surface area contributed by atoms with Crippen LogP contribution in [0.3, 0.4) is 0 Å². The molecule has 1 aromatic rings. The molecule has 1 aliphatic carbocycles. The van der Waals surface area contributed by atoms with Gasteiger partial charge >= 0.3 is 0 Å². The Balaban J connectivity index is 0.000000415. The number of aryl methyl sites for hydroxylation is 2. The number of fused-ring (bicyclic) bond motifs is 1. The fourth-order valence-electron chi connectivity index (χ4n) is 2.52. The summed E-state index contributed by atoms with van der Waals surface area (Å²) in [5, 5.41) is 0. The zero-order chi connectivity index (χ0) is 14.5. The predicted molar refractivity (Wildman–Crippen MR) is 81.1 cm³/mol. The van der Waals surface area contributed by atoms with Gasteiger partial charge in [0.25, 0.3) is 5.79 Å². The van der Waals surface area contributed by atoms with Crippen molar-refractivity contribution in [2.45, 2.75) is 73.0 Å². The van der Waals surface area contributed by atoms with Crippen LogP contribution in [0.25, 0.3) is 0 Å². The minimum atomic E-state index is -0.320. The van der Waals surface area contributed by atoms with Crippen molar-refractivity contribution in [3.8, 4) is 11.5 Å². The van der Waals surface area contributed by atoms with Gasteiger partial charge in [-0.15, -0.1) is 0 Å². The average Bonchev–Trinajstić information content (AvgIpc) is 3.08. The molecule has 0 aromatic heterocycles. The van der Waals surface area contributed by atoms with Crippen LogP contribution in [0.2, 0.25) is 0 Å². The molecule has 1 aliphatic heterocycles. The molecular weight excluding hydrogens is 236 g/mol. The molecule has 0 radical (unpaired) electrons. The fraction of sp³-hybridized carbons (Fsp3) is 0.647. The van der Waals surface area contributed by atoms with Crippen LogP contribution in [0, 0.1) is 13.8 Å². The van der Waals surface area contributed by atoms with Gasteiger partial charge in [0.15, 0.2) is 11.5 Å². The highest BCUT2D eigenvalue weighted by atomic mass is 16.7. The summed E-state index contributed by atoms with van der Waals surface area (Å²) < 4.78 is 12.1. The van der Waals surface area contributed by atoms with Crippen LogP contribution in [0.5, 0.6) is 11.5 Å². The molecule has 19 heavy (non-hydrogen) atoms. The molecule has 0 unspecified atom stereocenters. The first-order chi connectivity index (χ1) is 9.20. The van der Waals surface area contributed by atoms with Gasteiger partial charge in [0, 0.05) is 12.8 Å². The molecule has 0 bridgehead atoms. The van der Waals surface area contributed by atoms with E-state index in [2.05, 4.69) is 26.0 Å². The zero-order valence-electron chi connectivity index (χ0n) is 13.3. The summed E-state index contributed by atoms with van der Waals surface area (Å²) in [7, 11) is 0. The van der Waals surface area contributed by atoms with Gasteiger partial charge in [-0.1, -0.05) is 39.8 Å². The lowest BCUT2D eigenvalue weighted by Gasteiger charge is -2.21. The Morgan fingerprint density at radius 1 is 0.789 bits per heavy atom. The molecule has 0 atom stereocenters. The number of hydrogen-bond donors (Lipinski definition) is 0. The Morgan fingerprint density at radius 3 is 1.53 bits per heavy atom. The molecule has 108 valence electrons. The van der Waals surface area contributed by atoms with Crippen molar-refractivity contribution in [3.63, 3.8) is 0 Å². The lowest BCUT2D eigenvalue weighted by Crippen LogP contribution is -2.34. The van der Waals surface area contributed by atoms with Gasteiger partial charge in [-0.05, 0) is 37.8 Å². The second-order valence-corrected chi connectivity index (χ2v) is 4.68. The van der Waals surface area contributed by atoms with Gasteiger partial charge in [-0.2, -0.15) is 0 Å². The molecule has 1 spiro atoms. The maximum absolute atomic E-state index is 6.04. The summed E-state index contributed by atoms with van der Waals surface area (Å²) in [6.45, 7) is 12.2. The molecule has 0 saturated heterocycles. The summed E-state index contributed by atoms with van der Waals surface area (Å²) in [6.07, 6.45) is 4.49. The topological polar surface area (TPSA) is 18.5 Å². The average molecular weight is 264 g/mol. The van der Waals surface area contributed by atoms with E-state index in [1.54, 1.807) is 0 Å². The van der Waals surface area contributed by atoms with Crippen molar-refractivity contribution >= 4 is 0 Å². The van der Waals surface area contributed by atoms with E-state index in [0.29, 0.717) is 0 Å². The largest absolute Gasteiger partial charge is 0.448 e. The van der Waals surface area contributed by atoms with Crippen LogP contribution in [0.15, 0.2) is 12.1 Å².